The maximum atomic E-state index is 12.5. The fourth-order valence-corrected chi connectivity index (χ4v) is 3.35. The second-order valence-electron chi connectivity index (χ2n) is 6.62. The van der Waals surface area contributed by atoms with E-state index in [0.29, 0.717) is 6.04 Å². The van der Waals surface area contributed by atoms with E-state index in [0.717, 1.165) is 24.8 Å². The van der Waals surface area contributed by atoms with Gasteiger partial charge in [0.05, 0.1) is 5.92 Å². The number of hydrogen-bond donors (Lipinski definition) is 1. The Labute approximate surface area is 138 Å². The lowest BCUT2D eigenvalue weighted by Crippen LogP contribution is -2.35. The summed E-state index contributed by atoms with van der Waals surface area (Å²) < 4.78 is 0. The summed E-state index contributed by atoms with van der Waals surface area (Å²) in [6, 6.07) is 19.3. The Balaban J connectivity index is 1.67. The first-order valence-electron chi connectivity index (χ1n) is 8.65. The highest BCUT2D eigenvalue weighted by Gasteiger charge is 2.21. The molecule has 1 aliphatic carbocycles. The molecule has 0 aromatic heterocycles. The van der Waals surface area contributed by atoms with Crippen LogP contribution < -0.4 is 5.32 Å². The Morgan fingerprint density at radius 3 is 2.48 bits per heavy atom. The van der Waals surface area contributed by atoms with Crippen molar-refractivity contribution in [1.29, 1.82) is 0 Å². The Hall–Kier alpha value is -2.09. The van der Waals surface area contributed by atoms with Crippen molar-refractivity contribution in [3.8, 4) is 0 Å². The SMILES string of the molecule is CC(C(=O)NC1CCCC1)c1cccc(Cc2ccccc2)c1. The van der Waals surface area contributed by atoms with Crippen LogP contribution in [0.1, 0.15) is 55.2 Å². The zero-order valence-corrected chi connectivity index (χ0v) is 13.8. The lowest BCUT2D eigenvalue weighted by atomic mass is 9.95. The standard InChI is InChI=1S/C21H25NO/c1-16(21(23)22-20-12-5-6-13-20)19-11-7-10-18(15-19)14-17-8-3-2-4-9-17/h2-4,7-11,15-16,20H,5-6,12-14H2,1H3,(H,22,23). The van der Waals surface area contributed by atoms with Crippen molar-refractivity contribution in [1.82, 2.24) is 5.32 Å². The molecule has 1 aliphatic rings. The highest BCUT2D eigenvalue weighted by Crippen LogP contribution is 2.22. The van der Waals surface area contributed by atoms with E-state index in [9.17, 15) is 4.79 Å². The monoisotopic (exact) mass is 307 g/mol. The first-order valence-corrected chi connectivity index (χ1v) is 8.65. The molecule has 2 aromatic carbocycles. The smallest absolute Gasteiger partial charge is 0.227 e. The average molecular weight is 307 g/mol. The number of rotatable bonds is 5. The maximum absolute atomic E-state index is 12.5. The summed E-state index contributed by atoms with van der Waals surface area (Å²) in [7, 11) is 0. The molecule has 1 fully saturated rings. The van der Waals surface area contributed by atoms with Crippen LogP contribution in [0.3, 0.4) is 0 Å². The molecule has 0 aliphatic heterocycles. The van der Waals surface area contributed by atoms with E-state index in [1.54, 1.807) is 0 Å². The van der Waals surface area contributed by atoms with Crippen LogP contribution in [0.5, 0.6) is 0 Å². The number of hydrogen-bond acceptors (Lipinski definition) is 1. The summed E-state index contributed by atoms with van der Waals surface area (Å²) in [5.41, 5.74) is 3.66. The maximum Gasteiger partial charge on any atom is 0.227 e. The molecule has 1 saturated carbocycles. The van der Waals surface area contributed by atoms with Crippen molar-refractivity contribution in [3.63, 3.8) is 0 Å². The molecule has 1 atom stereocenters. The summed E-state index contributed by atoms with van der Waals surface area (Å²) in [4.78, 5) is 12.5. The van der Waals surface area contributed by atoms with Gasteiger partial charge in [-0.05, 0) is 42.9 Å². The third-order valence-electron chi connectivity index (χ3n) is 4.80. The van der Waals surface area contributed by atoms with Gasteiger partial charge in [0, 0.05) is 6.04 Å². The predicted molar refractivity (Wildman–Crippen MR) is 94.5 cm³/mol. The van der Waals surface area contributed by atoms with Crippen molar-refractivity contribution in [2.75, 3.05) is 0 Å². The molecular weight excluding hydrogens is 282 g/mol. The highest BCUT2D eigenvalue weighted by atomic mass is 16.1. The minimum atomic E-state index is -0.0914. The second kappa shape index (κ2) is 7.45. The third-order valence-corrected chi connectivity index (χ3v) is 4.80. The molecule has 3 rings (SSSR count). The molecule has 2 nitrogen and oxygen atoms in total. The topological polar surface area (TPSA) is 29.1 Å². The van der Waals surface area contributed by atoms with Gasteiger partial charge in [-0.1, -0.05) is 67.4 Å². The van der Waals surface area contributed by atoms with Crippen molar-refractivity contribution in [2.24, 2.45) is 0 Å². The van der Waals surface area contributed by atoms with Gasteiger partial charge in [0.1, 0.15) is 0 Å². The van der Waals surface area contributed by atoms with E-state index >= 15 is 0 Å². The number of amides is 1. The fourth-order valence-electron chi connectivity index (χ4n) is 3.35. The van der Waals surface area contributed by atoms with E-state index in [1.165, 1.54) is 24.0 Å². The van der Waals surface area contributed by atoms with Gasteiger partial charge in [-0.2, -0.15) is 0 Å². The number of nitrogens with one attached hydrogen (secondary N) is 1. The van der Waals surface area contributed by atoms with Gasteiger partial charge < -0.3 is 5.32 Å². The summed E-state index contributed by atoms with van der Waals surface area (Å²) >= 11 is 0. The van der Waals surface area contributed by atoms with Crippen LogP contribution in [0.25, 0.3) is 0 Å². The Morgan fingerprint density at radius 1 is 1.04 bits per heavy atom. The van der Waals surface area contributed by atoms with Gasteiger partial charge in [0.15, 0.2) is 0 Å². The van der Waals surface area contributed by atoms with Crippen molar-refractivity contribution in [3.05, 3.63) is 71.3 Å². The zero-order valence-electron chi connectivity index (χ0n) is 13.8. The van der Waals surface area contributed by atoms with Gasteiger partial charge in [-0.3, -0.25) is 4.79 Å². The minimum absolute atomic E-state index is 0.0914. The normalized spacial score (nSPS) is 16.2. The molecule has 0 spiro atoms. The Kier molecular flexibility index (Phi) is 5.12. The van der Waals surface area contributed by atoms with Crippen molar-refractivity contribution in [2.45, 2.75) is 51.0 Å². The molecule has 2 heteroatoms. The predicted octanol–water partition coefficient (Wildman–Crippen LogP) is 4.44. The van der Waals surface area contributed by atoms with Crippen molar-refractivity contribution >= 4 is 5.91 Å². The molecule has 2 aromatic rings. The second-order valence-corrected chi connectivity index (χ2v) is 6.62. The van der Waals surface area contributed by atoms with Gasteiger partial charge in [0.25, 0.3) is 0 Å². The van der Waals surface area contributed by atoms with E-state index < -0.39 is 0 Å². The van der Waals surface area contributed by atoms with E-state index in [-0.39, 0.29) is 11.8 Å². The number of carbonyl (C=O) groups excluding carboxylic acids is 1. The van der Waals surface area contributed by atoms with Crippen LogP contribution in [0, 0.1) is 0 Å². The van der Waals surface area contributed by atoms with Crippen LogP contribution in [0.4, 0.5) is 0 Å². The summed E-state index contributed by atoms with van der Waals surface area (Å²) in [5, 5.41) is 3.21. The first kappa shape index (κ1) is 15.8. The largest absolute Gasteiger partial charge is 0.353 e. The minimum Gasteiger partial charge on any atom is -0.353 e. The molecule has 120 valence electrons. The van der Waals surface area contributed by atoms with Crippen LogP contribution in [-0.2, 0) is 11.2 Å². The molecular formula is C21H25NO. The lowest BCUT2D eigenvalue weighted by molar-refractivity contribution is -0.122. The zero-order chi connectivity index (χ0) is 16.1. The number of benzene rings is 2. The van der Waals surface area contributed by atoms with Crippen LogP contribution in [0.15, 0.2) is 54.6 Å². The molecule has 1 N–H and O–H groups in total. The highest BCUT2D eigenvalue weighted by molar-refractivity contribution is 5.83. The van der Waals surface area contributed by atoms with E-state index in [1.807, 2.05) is 13.0 Å². The molecule has 23 heavy (non-hydrogen) atoms. The molecule has 0 heterocycles. The van der Waals surface area contributed by atoms with Crippen LogP contribution in [0.2, 0.25) is 0 Å². The summed E-state index contributed by atoms with van der Waals surface area (Å²) in [6.45, 7) is 2.01. The van der Waals surface area contributed by atoms with Gasteiger partial charge >= 0.3 is 0 Å². The number of carbonyl (C=O) groups is 1. The van der Waals surface area contributed by atoms with Crippen molar-refractivity contribution < 1.29 is 4.79 Å². The van der Waals surface area contributed by atoms with E-state index in [4.69, 9.17) is 0 Å². The molecule has 1 amide bonds. The van der Waals surface area contributed by atoms with Gasteiger partial charge in [0.2, 0.25) is 5.91 Å². The van der Waals surface area contributed by atoms with Crippen LogP contribution >= 0.6 is 0 Å². The molecule has 0 bridgehead atoms. The van der Waals surface area contributed by atoms with Crippen LogP contribution in [-0.4, -0.2) is 11.9 Å². The van der Waals surface area contributed by atoms with Gasteiger partial charge in [-0.25, -0.2) is 0 Å². The average Bonchev–Trinajstić information content (AvgIpc) is 3.08. The molecule has 1 unspecified atom stereocenters. The lowest BCUT2D eigenvalue weighted by Gasteiger charge is -2.17. The summed E-state index contributed by atoms with van der Waals surface area (Å²) in [5.74, 6) is 0.0695. The summed E-state index contributed by atoms with van der Waals surface area (Å²) in [6.07, 6.45) is 5.66. The molecule has 0 saturated heterocycles. The van der Waals surface area contributed by atoms with E-state index in [2.05, 4.69) is 53.8 Å². The Morgan fingerprint density at radius 2 is 1.74 bits per heavy atom. The Bertz CT molecular complexity index is 644. The van der Waals surface area contributed by atoms with Gasteiger partial charge in [-0.15, -0.1) is 0 Å². The first-order chi connectivity index (χ1) is 11.2. The quantitative estimate of drug-likeness (QED) is 0.869. The fraction of sp³-hybridized carbons (Fsp3) is 0.381. The third kappa shape index (κ3) is 4.22. The molecule has 0 radical (unpaired) electrons.